The number of sulfonamides is 1. The molecule has 0 unspecified atom stereocenters. The number of hydrogen-bond acceptors (Lipinski definition) is 4. The first-order valence-corrected chi connectivity index (χ1v) is 9.80. The van der Waals surface area contributed by atoms with E-state index in [1.807, 2.05) is 30.3 Å². The molecule has 0 atom stereocenters. The number of amides is 1. The number of benzene rings is 3. The van der Waals surface area contributed by atoms with Gasteiger partial charge in [0.15, 0.2) is 0 Å². The Hall–Kier alpha value is -3.23. The Balaban J connectivity index is 1.83. The molecule has 0 aromatic heterocycles. The van der Waals surface area contributed by atoms with Crippen LogP contribution in [0.1, 0.15) is 5.56 Å². The van der Waals surface area contributed by atoms with Gasteiger partial charge in [-0.1, -0.05) is 36.4 Å². The minimum atomic E-state index is -4.15. The molecule has 0 fully saturated rings. The van der Waals surface area contributed by atoms with Crippen molar-refractivity contribution in [3.63, 3.8) is 0 Å². The molecule has 0 bridgehead atoms. The highest BCUT2D eigenvalue weighted by Crippen LogP contribution is 2.31. The summed E-state index contributed by atoms with van der Waals surface area (Å²) in [5.74, 6) is -0.801. The number of ether oxygens (including phenoxy) is 1. The van der Waals surface area contributed by atoms with Crippen molar-refractivity contribution in [2.24, 2.45) is 5.14 Å². The molecule has 28 heavy (non-hydrogen) atoms. The number of rotatable bonds is 6. The van der Waals surface area contributed by atoms with Gasteiger partial charge in [-0.3, -0.25) is 4.79 Å². The predicted octanol–water partition coefficient (Wildman–Crippen LogP) is 3.45. The standard InChI is InChI=1S/C20H17FN2O4S/c21-15-7-4-8-17(12-15)27-18-10-9-16(13-19(18)28(22,25)26)23-20(24)11-14-5-2-1-3-6-14/h1-10,12-13H,11H2,(H,23,24)(H2,22,25,26). The molecule has 144 valence electrons. The molecule has 0 heterocycles. The van der Waals surface area contributed by atoms with E-state index in [0.29, 0.717) is 0 Å². The van der Waals surface area contributed by atoms with Crippen LogP contribution in [0.25, 0.3) is 0 Å². The van der Waals surface area contributed by atoms with E-state index in [-0.39, 0.29) is 34.4 Å². The zero-order valence-electron chi connectivity index (χ0n) is 14.6. The number of carbonyl (C=O) groups excluding carboxylic acids is 1. The molecular formula is C20H17FN2O4S. The summed E-state index contributed by atoms with van der Waals surface area (Å²) in [5, 5.41) is 7.90. The number of carbonyl (C=O) groups is 1. The van der Waals surface area contributed by atoms with E-state index in [1.165, 1.54) is 36.4 Å². The molecular weight excluding hydrogens is 383 g/mol. The van der Waals surface area contributed by atoms with Gasteiger partial charge in [-0.2, -0.15) is 0 Å². The zero-order valence-corrected chi connectivity index (χ0v) is 15.4. The van der Waals surface area contributed by atoms with Gasteiger partial charge in [0.05, 0.1) is 6.42 Å². The molecule has 0 spiro atoms. The van der Waals surface area contributed by atoms with Crippen LogP contribution in [0.4, 0.5) is 10.1 Å². The molecule has 3 N–H and O–H groups in total. The Labute approximate surface area is 161 Å². The Bertz CT molecular complexity index is 1100. The number of nitrogens with two attached hydrogens (primary N) is 1. The Morgan fingerprint density at radius 2 is 1.75 bits per heavy atom. The molecule has 0 saturated carbocycles. The molecule has 0 saturated heterocycles. The molecule has 3 aromatic rings. The second kappa shape index (κ2) is 8.20. The predicted molar refractivity (Wildman–Crippen MR) is 103 cm³/mol. The monoisotopic (exact) mass is 400 g/mol. The summed E-state index contributed by atoms with van der Waals surface area (Å²) in [5.41, 5.74) is 1.06. The van der Waals surface area contributed by atoms with Crippen molar-refractivity contribution in [3.05, 3.63) is 84.2 Å². The van der Waals surface area contributed by atoms with E-state index >= 15 is 0 Å². The largest absolute Gasteiger partial charge is 0.456 e. The maximum Gasteiger partial charge on any atom is 0.241 e. The topological polar surface area (TPSA) is 98.5 Å². The molecule has 3 aromatic carbocycles. The van der Waals surface area contributed by atoms with Crippen LogP contribution in [0.15, 0.2) is 77.7 Å². The SMILES string of the molecule is NS(=O)(=O)c1cc(NC(=O)Cc2ccccc2)ccc1Oc1cccc(F)c1. The second-order valence-electron chi connectivity index (χ2n) is 5.98. The van der Waals surface area contributed by atoms with E-state index < -0.39 is 15.8 Å². The first-order valence-electron chi connectivity index (χ1n) is 8.25. The molecule has 6 nitrogen and oxygen atoms in total. The van der Waals surface area contributed by atoms with E-state index in [9.17, 15) is 17.6 Å². The Kier molecular flexibility index (Phi) is 5.72. The summed E-state index contributed by atoms with van der Waals surface area (Å²) in [6.45, 7) is 0. The van der Waals surface area contributed by atoms with E-state index in [4.69, 9.17) is 9.88 Å². The molecule has 1 amide bonds. The van der Waals surface area contributed by atoms with Gasteiger partial charge in [0, 0.05) is 11.8 Å². The maximum atomic E-state index is 13.3. The third kappa shape index (κ3) is 5.15. The molecule has 0 aliphatic heterocycles. The fraction of sp³-hybridized carbons (Fsp3) is 0.0500. The van der Waals surface area contributed by atoms with Crippen molar-refractivity contribution >= 4 is 21.6 Å². The van der Waals surface area contributed by atoms with Gasteiger partial charge in [0.25, 0.3) is 0 Å². The average molecular weight is 400 g/mol. The number of halogens is 1. The zero-order chi connectivity index (χ0) is 20.1. The lowest BCUT2D eigenvalue weighted by Gasteiger charge is -2.12. The van der Waals surface area contributed by atoms with Crippen molar-refractivity contribution in [2.75, 3.05) is 5.32 Å². The van der Waals surface area contributed by atoms with Crippen LogP contribution in [0.2, 0.25) is 0 Å². The van der Waals surface area contributed by atoms with Crippen LogP contribution < -0.4 is 15.2 Å². The average Bonchev–Trinajstić information content (AvgIpc) is 2.63. The quantitative estimate of drug-likeness (QED) is 0.662. The first-order chi connectivity index (χ1) is 13.3. The van der Waals surface area contributed by atoms with Gasteiger partial charge in [0.2, 0.25) is 15.9 Å². The smallest absolute Gasteiger partial charge is 0.241 e. The number of primary sulfonamides is 1. The highest BCUT2D eigenvalue weighted by atomic mass is 32.2. The van der Waals surface area contributed by atoms with Crippen LogP contribution in [0.3, 0.4) is 0 Å². The van der Waals surface area contributed by atoms with E-state index in [0.717, 1.165) is 11.6 Å². The summed E-state index contributed by atoms with van der Waals surface area (Å²) in [4.78, 5) is 11.9. The fourth-order valence-electron chi connectivity index (χ4n) is 2.54. The lowest BCUT2D eigenvalue weighted by Crippen LogP contribution is -2.17. The van der Waals surface area contributed by atoms with Crippen molar-refractivity contribution in [1.29, 1.82) is 0 Å². The summed E-state index contributed by atoms with van der Waals surface area (Å²) in [6.07, 6.45) is 0.132. The summed E-state index contributed by atoms with van der Waals surface area (Å²) in [7, 11) is -4.15. The maximum absolute atomic E-state index is 13.3. The number of hydrogen-bond donors (Lipinski definition) is 2. The van der Waals surface area contributed by atoms with Crippen LogP contribution in [0, 0.1) is 5.82 Å². The third-order valence-electron chi connectivity index (χ3n) is 3.77. The van der Waals surface area contributed by atoms with Crippen LogP contribution in [-0.2, 0) is 21.2 Å². The molecule has 3 rings (SSSR count). The normalized spacial score (nSPS) is 11.1. The minimum absolute atomic E-state index is 0.0749. The van der Waals surface area contributed by atoms with Crippen LogP contribution in [-0.4, -0.2) is 14.3 Å². The first kappa shape index (κ1) is 19.5. The third-order valence-corrected chi connectivity index (χ3v) is 4.70. The van der Waals surface area contributed by atoms with Gasteiger partial charge in [-0.25, -0.2) is 17.9 Å². The van der Waals surface area contributed by atoms with Gasteiger partial charge in [-0.15, -0.1) is 0 Å². The summed E-state index contributed by atoms with van der Waals surface area (Å²) >= 11 is 0. The summed E-state index contributed by atoms with van der Waals surface area (Å²) in [6, 6.07) is 18.4. The van der Waals surface area contributed by atoms with Gasteiger partial charge in [0.1, 0.15) is 22.2 Å². The van der Waals surface area contributed by atoms with Crippen molar-refractivity contribution in [1.82, 2.24) is 0 Å². The summed E-state index contributed by atoms with van der Waals surface area (Å²) < 4.78 is 42.7. The highest BCUT2D eigenvalue weighted by Gasteiger charge is 2.18. The van der Waals surface area contributed by atoms with E-state index in [2.05, 4.69) is 5.32 Å². The van der Waals surface area contributed by atoms with Gasteiger partial charge in [-0.05, 0) is 35.9 Å². The second-order valence-corrected chi connectivity index (χ2v) is 7.51. The minimum Gasteiger partial charge on any atom is -0.456 e. The van der Waals surface area contributed by atoms with Crippen LogP contribution >= 0.6 is 0 Å². The Morgan fingerprint density at radius 1 is 1.00 bits per heavy atom. The lowest BCUT2D eigenvalue weighted by molar-refractivity contribution is -0.115. The fourth-order valence-corrected chi connectivity index (χ4v) is 3.22. The molecule has 0 aliphatic carbocycles. The van der Waals surface area contributed by atoms with E-state index in [1.54, 1.807) is 0 Å². The van der Waals surface area contributed by atoms with Crippen LogP contribution in [0.5, 0.6) is 11.5 Å². The van der Waals surface area contributed by atoms with Gasteiger partial charge >= 0.3 is 0 Å². The molecule has 0 aliphatic rings. The molecule has 0 radical (unpaired) electrons. The molecule has 8 heteroatoms. The Morgan fingerprint density at radius 3 is 2.43 bits per heavy atom. The number of anilines is 1. The van der Waals surface area contributed by atoms with Crippen molar-refractivity contribution in [2.45, 2.75) is 11.3 Å². The van der Waals surface area contributed by atoms with Crippen molar-refractivity contribution < 1.29 is 22.3 Å². The number of nitrogens with one attached hydrogen (secondary N) is 1. The van der Waals surface area contributed by atoms with Crippen molar-refractivity contribution in [3.8, 4) is 11.5 Å². The highest BCUT2D eigenvalue weighted by molar-refractivity contribution is 7.89. The lowest BCUT2D eigenvalue weighted by atomic mass is 10.1. The van der Waals surface area contributed by atoms with Gasteiger partial charge < -0.3 is 10.1 Å².